The van der Waals surface area contributed by atoms with E-state index in [0.29, 0.717) is 3.58 Å². The summed E-state index contributed by atoms with van der Waals surface area (Å²) in [5.74, 6) is -3.29. The molecule has 5 nitrogen and oxygen atoms in total. The lowest BCUT2D eigenvalue weighted by molar-refractivity contribution is -0.140. The lowest BCUT2D eigenvalue weighted by atomic mass is 9.92. The van der Waals surface area contributed by atoms with Crippen LogP contribution < -0.4 is 5.73 Å². The molecule has 0 spiro atoms. The van der Waals surface area contributed by atoms with E-state index >= 15 is 0 Å². The minimum atomic E-state index is -1.14. The van der Waals surface area contributed by atoms with E-state index in [1.807, 2.05) is 45.2 Å². The van der Waals surface area contributed by atoms with Gasteiger partial charge in [-0.1, -0.05) is 22.6 Å². The summed E-state index contributed by atoms with van der Waals surface area (Å²) in [5.41, 5.74) is 5.88. The number of hydrogen-bond acceptors (Lipinski definition) is 3. The molecule has 4 N–H and O–H groups in total. The van der Waals surface area contributed by atoms with E-state index in [9.17, 15) is 9.59 Å². The Balaban J connectivity index is 3.41. The number of carboxylic acid groups (broad SMARTS) is 2. The third kappa shape index (κ3) is 2.69. The zero-order chi connectivity index (χ0) is 12.7. The van der Waals surface area contributed by atoms with E-state index in [4.69, 9.17) is 15.9 Å². The summed E-state index contributed by atoms with van der Waals surface area (Å²) < 4.78 is -0.388. The van der Waals surface area contributed by atoms with Crippen molar-refractivity contribution in [1.29, 1.82) is 0 Å². The van der Waals surface area contributed by atoms with E-state index < -0.39 is 21.4 Å². The molecule has 2 unspecified atom stereocenters. The number of aliphatic carboxylic acids is 2. The third-order valence-electron chi connectivity index (χ3n) is 1.98. The average Bonchev–Trinajstić information content (AvgIpc) is 1.97. The van der Waals surface area contributed by atoms with Gasteiger partial charge in [0, 0.05) is 7.16 Å². The highest BCUT2D eigenvalue weighted by atomic mass is 127. The molecule has 0 aromatic heterocycles. The van der Waals surface area contributed by atoms with Gasteiger partial charge in [0.05, 0.1) is 5.57 Å². The van der Waals surface area contributed by atoms with Crippen LogP contribution in [0.3, 0.4) is 0 Å². The maximum absolute atomic E-state index is 11.1. The van der Waals surface area contributed by atoms with Crippen LogP contribution >= 0.6 is 67.8 Å². The Bertz CT molecular complexity index is 427. The molecule has 0 aromatic rings. The molecule has 8 heteroatoms. The predicted molar refractivity (Wildman–Crippen MR) is 82.8 cm³/mol. The van der Waals surface area contributed by atoms with E-state index in [-0.39, 0.29) is 9.15 Å². The van der Waals surface area contributed by atoms with Crippen molar-refractivity contribution in [2.45, 2.75) is 3.55 Å². The summed E-state index contributed by atoms with van der Waals surface area (Å²) in [6, 6.07) is 0. The molecule has 88 valence electrons. The average molecular weight is 561 g/mol. The maximum Gasteiger partial charge on any atom is 0.337 e. The molecule has 0 heterocycles. The molecule has 0 fully saturated rings. The van der Waals surface area contributed by atoms with Crippen LogP contribution in [0.1, 0.15) is 0 Å². The van der Waals surface area contributed by atoms with Crippen LogP contribution in [-0.2, 0) is 9.59 Å². The molecule has 1 rings (SSSR count). The highest BCUT2D eigenvalue weighted by Gasteiger charge is 2.44. The van der Waals surface area contributed by atoms with Gasteiger partial charge in [-0.15, -0.1) is 0 Å². The van der Waals surface area contributed by atoms with Crippen LogP contribution in [0.25, 0.3) is 0 Å². The first-order valence-corrected chi connectivity index (χ1v) is 7.14. The number of rotatable bonds is 2. The Morgan fingerprint density at radius 2 is 1.88 bits per heavy atom. The minimum Gasteiger partial charge on any atom is -0.481 e. The van der Waals surface area contributed by atoms with Gasteiger partial charge in [0.15, 0.2) is 0 Å². The van der Waals surface area contributed by atoms with Crippen LogP contribution in [0.5, 0.6) is 0 Å². The second kappa shape index (κ2) is 5.06. The molecule has 0 radical (unpaired) electrons. The highest BCUT2D eigenvalue weighted by Crippen LogP contribution is 2.44. The quantitative estimate of drug-likeness (QED) is 0.272. The molecule has 0 amide bonds. The summed E-state index contributed by atoms with van der Waals surface area (Å²) in [7, 11) is 0. The summed E-state index contributed by atoms with van der Waals surface area (Å²) in [6.45, 7) is 0. The van der Waals surface area contributed by atoms with Crippen molar-refractivity contribution < 1.29 is 19.8 Å². The van der Waals surface area contributed by atoms with Gasteiger partial charge in [0.2, 0.25) is 0 Å². The Hall–Kier alpha value is 0.570. The Morgan fingerprint density at radius 1 is 1.38 bits per heavy atom. The molecular formula is C8H6I3NO4. The number of hydrogen-bond donors (Lipinski definition) is 3. The number of nitrogens with two attached hydrogens (primary N) is 1. The van der Waals surface area contributed by atoms with Crippen molar-refractivity contribution in [3.05, 3.63) is 18.8 Å². The van der Waals surface area contributed by atoms with Crippen molar-refractivity contribution in [3.8, 4) is 0 Å². The predicted octanol–water partition coefficient (Wildman–Crippen LogP) is 1.88. The number of alkyl halides is 1. The smallest absolute Gasteiger partial charge is 0.337 e. The van der Waals surface area contributed by atoms with Gasteiger partial charge in [-0.05, 0) is 51.3 Å². The second-order valence-electron chi connectivity index (χ2n) is 3.12. The molecular weight excluding hydrogens is 555 g/mol. The van der Waals surface area contributed by atoms with Crippen LogP contribution in [0.2, 0.25) is 0 Å². The lowest BCUT2D eigenvalue weighted by Crippen LogP contribution is -2.46. The Morgan fingerprint density at radius 3 is 2.25 bits per heavy atom. The number of carboxylic acids is 2. The zero-order valence-corrected chi connectivity index (χ0v) is 14.0. The largest absolute Gasteiger partial charge is 0.481 e. The van der Waals surface area contributed by atoms with Crippen LogP contribution in [0.4, 0.5) is 0 Å². The number of carbonyl (C=O) groups is 2. The topological polar surface area (TPSA) is 101 Å². The molecule has 0 saturated carbocycles. The summed E-state index contributed by atoms with van der Waals surface area (Å²) in [6.07, 6.45) is 1.47. The van der Waals surface area contributed by atoms with E-state index in [1.54, 1.807) is 22.6 Å². The molecule has 0 aromatic carbocycles. The fourth-order valence-corrected chi connectivity index (χ4v) is 6.24. The third-order valence-corrected chi connectivity index (χ3v) is 4.93. The fourth-order valence-electron chi connectivity index (χ4n) is 1.30. The first-order chi connectivity index (χ1) is 7.18. The van der Waals surface area contributed by atoms with Gasteiger partial charge in [0.1, 0.15) is 9.46 Å². The van der Waals surface area contributed by atoms with Crippen LogP contribution in [0.15, 0.2) is 18.8 Å². The highest BCUT2D eigenvalue weighted by molar-refractivity contribution is 14.1. The van der Waals surface area contributed by atoms with Crippen molar-refractivity contribution in [3.63, 3.8) is 0 Å². The fraction of sp³-hybridized carbons (Fsp3) is 0.250. The zero-order valence-electron chi connectivity index (χ0n) is 7.58. The van der Waals surface area contributed by atoms with Gasteiger partial charge in [-0.3, -0.25) is 4.79 Å². The first kappa shape index (κ1) is 14.6. The van der Waals surface area contributed by atoms with Gasteiger partial charge in [-0.2, -0.15) is 0 Å². The number of halogens is 3. The van der Waals surface area contributed by atoms with Crippen molar-refractivity contribution >= 4 is 79.7 Å². The SMILES string of the molecule is NC1(I)C=C(I)C(C(=O)O)=C(I)C1C(=O)O. The molecule has 1 aliphatic carbocycles. The molecule has 0 saturated heterocycles. The van der Waals surface area contributed by atoms with Crippen LogP contribution in [-0.4, -0.2) is 25.7 Å². The molecule has 2 atom stereocenters. The maximum atomic E-state index is 11.1. The minimum absolute atomic E-state index is 0.0198. The van der Waals surface area contributed by atoms with Crippen molar-refractivity contribution in [1.82, 2.24) is 0 Å². The van der Waals surface area contributed by atoms with E-state index in [0.717, 1.165) is 0 Å². The molecule has 0 aliphatic heterocycles. The first-order valence-electron chi connectivity index (χ1n) is 3.90. The summed E-state index contributed by atoms with van der Waals surface area (Å²) >= 11 is 5.40. The lowest BCUT2D eigenvalue weighted by Gasteiger charge is -2.31. The van der Waals surface area contributed by atoms with Crippen molar-refractivity contribution in [2.24, 2.45) is 11.7 Å². The standard InChI is InChI=1S/C8H6I3NO4/c9-2-1-8(11,12)4(7(15)16)5(10)3(2)6(13)14/h1,4H,12H2,(H,13,14)(H,15,16). The molecule has 0 bridgehead atoms. The normalized spacial score (nSPS) is 30.0. The van der Waals surface area contributed by atoms with Crippen LogP contribution in [0, 0.1) is 5.92 Å². The van der Waals surface area contributed by atoms with Crippen molar-refractivity contribution in [2.75, 3.05) is 0 Å². The van der Waals surface area contributed by atoms with Gasteiger partial charge >= 0.3 is 11.9 Å². The monoisotopic (exact) mass is 561 g/mol. The van der Waals surface area contributed by atoms with Gasteiger partial charge in [-0.25, -0.2) is 4.79 Å². The summed E-state index contributed by atoms with van der Waals surface area (Å²) in [4.78, 5) is 22.1. The Labute approximate surface area is 132 Å². The second-order valence-corrected chi connectivity index (χ2v) is 7.31. The van der Waals surface area contributed by atoms with Gasteiger partial charge < -0.3 is 15.9 Å². The van der Waals surface area contributed by atoms with E-state index in [2.05, 4.69) is 0 Å². The molecule has 1 aliphatic rings. The molecule has 16 heavy (non-hydrogen) atoms. The van der Waals surface area contributed by atoms with Gasteiger partial charge in [0.25, 0.3) is 0 Å². The Kier molecular flexibility index (Phi) is 4.62. The summed E-state index contributed by atoms with van der Waals surface area (Å²) in [5, 5.41) is 18.1. The van der Waals surface area contributed by atoms with E-state index in [1.165, 1.54) is 6.08 Å².